The topological polar surface area (TPSA) is 45.5 Å². The summed E-state index contributed by atoms with van der Waals surface area (Å²) < 4.78 is 2.95. The first-order valence-electron chi connectivity index (χ1n) is 10.5. The molecule has 1 heterocycles. The van der Waals surface area contributed by atoms with Gasteiger partial charge in [0.2, 0.25) is 0 Å². The minimum atomic E-state index is 0.107. The average molecular weight is 566 g/mol. The Labute approximate surface area is 219 Å². The van der Waals surface area contributed by atoms with Crippen LogP contribution in [0, 0.1) is 0 Å². The van der Waals surface area contributed by atoms with Crippen molar-refractivity contribution in [3.05, 3.63) is 117 Å². The molecule has 0 saturated heterocycles. The number of benzene rings is 4. The van der Waals surface area contributed by atoms with E-state index in [0.717, 1.165) is 29.7 Å². The van der Waals surface area contributed by atoms with Gasteiger partial charge in [0, 0.05) is 21.3 Å². The number of aromatic nitrogens is 1. The van der Waals surface area contributed by atoms with E-state index in [2.05, 4.69) is 57.3 Å². The minimum absolute atomic E-state index is 0.107. The standard InChI is InChI=1S/C27H18BrClN2OS2/c28-20-8-13-24(32)19(14-20)16-30-22-11-12-23-25(15-22)33-27(31-23)34-26(17-4-2-1-3-5-17)18-6-9-21(29)10-7-18/h1-16,26,32H/t26-/m0/s1. The molecule has 7 heteroatoms. The number of hydrogen-bond acceptors (Lipinski definition) is 5. The van der Waals surface area contributed by atoms with Crippen molar-refractivity contribution >= 4 is 72.7 Å². The van der Waals surface area contributed by atoms with Gasteiger partial charge in [-0.15, -0.1) is 11.3 Å². The van der Waals surface area contributed by atoms with E-state index in [9.17, 15) is 5.11 Å². The molecule has 4 aromatic carbocycles. The van der Waals surface area contributed by atoms with Crippen LogP contribution in [0.5, 0.6) is 5.75 Å². The normalized spacial score (nSPS) is 12.4. The number of fused-ring (bicyclic) bond motifs is 1. The molecule has 0 radical (unpaired) electrons. The third-order valence-corrected chi connectivity index (χ3v) is 8.36. The number of thiazole rings is 1. The maximum atomic E-state index is 10.0. The maximum Gasteiger partial charge on any atom is 0.152 e. The van der Waals surface area contributed by atoms with Crippen molar-refractivity contribution in [2.75, 3.05) is 0 Å². The van der Waals surface area contributed by atoms with Gasteiger partial charge in [-0.2, -0.15) is 0 Å². The van der Waals surface area contributed by atoms with Gasteiger partial charge in [-0.3, -0.25) is 4.99 Å². The molecule has 1 aromatic heterocycles. The van der Waals surface area contributed by atoms with Crippen LogP contribution in [0.4, 0.5) is 5.69 Å². The largest absolute Gasteiger partial charge is 0.507 e. The zero-order valence-electron chi connectivity index (χ0n) is 17.7. The summed E-state index contributed by atoms with van der Waals surface area (Å²) in [5.41, 5.74) is 4.81. The number of phenolic OH excluding ortho intramolecular Hbond substituents is 1. The molecule has 0 amide bonds. The third kappa shape index (κ3) is 5.36. The number of halogens is 2. The highest BCUT2D eigenvalue weighted by atomic mass is 79.9. The van der Waals surface area contributed by atoms with E-state index in [1.165, 1.54) is 11.1 Å². The monoisotopic (exact) mass is 564 g/mol. The summed E-state index contributed by atoms with van der Waals surface area (Å²) in [5, 5.41) is 10.9. The molecular weight excluding hydrogens is 548 g/mol. The minimum Gasteiger partial charge on any atom is -0.507 e. The molecular formula is C27H18BrClN2OS2. The van der Waals surface area contributed by atoms with Crippen LogP contribution < -0.4 is 0 Å². The second-order valence-electron chi connectivity index (χ2n) is 7.55. The molecule has 5 rings (SSSR count). The molecule has 0 unspecified atom stereocenters. The molecule has 0 fully saturated rings. The Bertz CT molecular complexity index is 1470. The van der Waals surface area contributed by atoms with Gasteiger partial charge in [0.05, 0.1) is 21.2 Å². The lowest BCUT2D eigenvalue weighted by Gasteiger charge is -2.16. The van der Waals surface area contributed by atoms with E-state index in [4.69, 9.17) is 16.6 Å². The van der Waals surface area contributed by atoms with Crippen LogP contribution in [-0.2, 0) is 0 Å². The summed E-state index contributed by atoms with van der Waals surface area (Å²) in [7, 11) is 0. The fraction of sp³-hybridized carbons (Fsp3) is 0.0370. The summed E-state index contributed by atoms with van der Waals surface area (Å²) in [6, 6.07) is 29.7. The molecule has 0 aliphatic rings. The lowest BCUT2D eigenvalue weighted by molar-refractivity contribution is 0.474. The number of phenols is 1. The van der Waals surface area contributed by atoms with Crippen LogP contribution in [-0.4, -0.2) is 16.3 Å². The van der Waals surface area contributed by atoms with Gasteiger partial charge in [0.25, 0.3) is 0 Å². The Hall–Kier alpha value is -2.64. The molecule has 0 aliphatic carbocycles. The van der Waals surface area contributed by atoms with E-state index in [0.29, 0.717) is 5.56 Å². The molecule has 1 atom stereocenters. The molecule has 168 valence electrons. The summed E-state index contributed by atoms with van der Waals surface area (Å²) in [6.45, 7) is 0. The Morgan fingerprint density at radius 1 is 0.941 bits per heavy atom. The zero-order valence-corrected chi connectivity index (χ0v) is 21.7. The van der Waals surface area contributed by atoms with Crippen molar-refractivity contribution in [2.45, 2.75) is 9.59 Å². The van der Waals surface area contributed by atoms with Crippen molar-refractivity contribution < 1.29 is 5.11 Å². The van der Waals surface area contributed by atoms with E-state index in [1.54, 1.807) is 41.4 Å². The van der Waals surface area contributed by atoms with Gasteiger partial charge in [-0.05, 0) is 59.7 Å². The second kappa shape index (κ2) is 10.3. The number of hydrogen-bond donors (Lipinski definition) is 1. The summed E-state index contributed by atoms with van der Waals surface area (Å²) >= 11 is 12.9. The van der Waals surface area contributed by atoms with Gasteiger partial charge in [-0.1, -0.05) is 81.8 Å². The lowest BCUT2D eigenvalue weighted by atomic mass is 10.0. The second-order valence-corrected chi connectivity index (χ2v) is 11.3. The van der Waals surface area contributed by atoms with Crippen molar-refractivity contribution in [3.63, 3.8) is 0 Å². The molecule has 0 aliphatic heterocycles. The van der Waals surface area contributed by atoms with E-state index in [1.807, 2.05) is 42.5 Å². The van der Waals surface area contributed by atoms with Gasteiger partial charge >= 0.3 is 0 Å². The first kappa shape index (κ1) is 23.1. The van der Waals surface area contributed by atoms with Crippen molar-refractivity contribution in [1.29, 1.82) is 0 Å². The maximum absolute atomic E-state index is 10.0. The summed E-state index contributed by atoms with van der Waals surface area (Å²) in [5.74, 6) is 0.193. The van der Waals surface area contributed by atoms with Crippen LogP contribution in [0.2, 0.25) is 5.02 Å². The van der Waals surface area contributed by atoms with Crippen LogP contribution >= 0.6 is 50.6 Å². The van der Waals surface area contributed by atoms with Crippen LogP contribution in [0.3, 0.4) is 0 Å². The first-order chi connectivity index (χ1) is 16.5. The number of rotatable bonds is 6. The first-order valence-corrected chi connectivity index (χ1v) is 13.3. The van der Waals surface area contributed by atoms with E-state index >= 15 is 0 Å². The molecule has 34 heavy (non-hydrogen) atoms. The van der Waals surface area contributed by atoms with Crippen LogP contribution in [0.25, 0.3) is 10.2 Å². The molecule has 5 aromatic rings. The highest BCUT2D eigenvalue weighted by molar-refractivity contribution is 9.10. The molecule has 0 saturated carbocycles. The fourth-order valence-corrected chi connectivity index (χ4v) is 6.41. The van der Waals surface area contributed by atoms with Crippen molar-refractivity contribution in [1.82, 2.24) is 4.98 Å². The van der Waals surface area contributed by atoms with Gasteiger partial charge in [0.1, 0.15) is 5.75 Å². The Morgan fingerprint density at radius 2 is 1.71 bits per heavy atom. The van der Waals surface area contributed by atoms with Gasteiger partial charge < -0.3 is 5.11 Å². The molecule has 0 spiro atoms. The number of aliphatic imine (C=N–C) groups is 1. The Morgan fingerprint density at radius 3 is 2.50 bits per heavy atom. The Kier molecular flexibility index (Phi) is 7.02. The predicted molar refractivity (Wildman–Crippen MR) is 148 cm³/mol. The third-order valence-electron chi connectivity index (χ3n) is 5.19. The molecule has 3 nitrogen and oxygen atoms in total. The van der Waals surface area contributed by atoms with Gasteiger partial charge in [0.15, 0.2) is 4.34 Å². The molecule has 1 N–H and O–H groups in total. The highest BCUT2D eigenvalue weighted by Gasteiger charge is 2.18. The quantitative estimate of drug-likeness (QED) is 0.165. The van der Waals surface area contributed by atoms with E-state index < -0.39 is 0 Å². The highest BCUT2D eigenvalue weighted by Crippen LogP contribution is 2.43. The number of aromatic hydroxyl groups is 1. The van der Waals surface area contributed by atoms with Crippen LogP contribution in [0.1, 0.15) is 21.9 Å². The SMILES string of the molecule is Oc1ccc(Br)cc1C=Nc1ccc2nc(S[C@@H](c3ccccc3)c3ccc(Cl)cc3)sc2c1. The van der Waals surface area contributed by atoms with E-state index in [-0.39, 0.29) is 11.0 Å². The summed E-state index contributed by atoms with van der Waals surface area (Å²) in [4.78, 5) is 9.42. The lowest BCUT2D eigenvalue weighted by Crippen LogP contribution is -1.96. The summed E-state index contributed by atoms with van der Waals surface area (Å²) in [6.07, 6.45) is 1.67. The number of nitrogens with zero attached hydrogens (tertiary/aromatic N) is 2. The zero-order chi connectivity index (χ0) is 23.5. The van der Waals surface area contributed by atoms with Crippen LogP contribution in [0.15, 0.2) is 105 Å². The Balaban J connectivity index is 1.43. The van der Waals surface area contributed by atoms with Crippen molar-refractivity contribution in [3.8, 4) is 5.75 Å². The fourth-order valence-electron chi connectivity index (χ4n) is 3.49. The van der Waals surface area contributed by atoms with Crippen molar-refractivity contribution in [2.24, 2.45) is 4.99 Å². The van der Waals surface area contributed by atoms with Gasteiger partial charge in [-0.25, -0.2) is 4.98 Å². The molecule has 0 bridgehead atoms. The number of thioether (sulfide) groups is 1. The smallest absolute Gasteiger partial charge is 0.152 e. The predicted octanol–water partition coefficient (Wildman–Crippen LogP) is 9.05. The average Bonchev–Trinajstić information content (AvgIpc) is 3.26.